The van der Waals surface area contributed by atoms with Crippen molar-refractivity contribution in [2.45, 2.75) is 25.8 Å². The molecule has 18 heavy (non-hydrogen) atoms. The van der Waals surface area contributed by atoms with E-state index in [0.717, 1.165) is 18.2 Å². The molecule has 1 aromatic carbocycles. The zero-order valence-electron chi connectivity index (χ0n) is 9.77. The highest BCUT2D eigenvalue weighted by atomic mass is 79.9. The molecule has 6 heteroatoms. The van der Waals surface area contributed by atoms with Crippen LogP contribution in [0.15, 0.2) is 12.1 Å². The van der Waals surface area contributed by atoms with Crippen molar-refractivity contribution in [1.82, 2.24) is 5.32 Å². The molecule has 2 nitrogen and oxygen atoms in total. The predicted octanol–water partition coefficient (Wildman–Crippen LogP) is 3.40. The average Bonchev–Trinajstić information content (AvgIpc) is 2.32. The maximum absolute atomic E-state index is 12.9. The Bertz CT molecular complexity index is 416. The van der Waals surface area contributed by atoms with Crippen LogP contribution in [0.1, 0.15) is 30.1 Å². The Morgan fingerprint density at radius 1 is 1.33 bits per heavy atom. The molecule has 1 amide bonds. The second-order valence-corrected chi connectivity index (χ2v) is 4.75. The molecule has 0 spiro atoms. The lowest BCUT2D eigenvalue weighted by atomic mass is 10.1. The number of amides is 1. The average molecular weight is 324 g/mol. The number of hydrogen-bond donors (Lipinski definition) is 1. The topological polar surface area (TPSA) is 29.1 Å². The van der Waals surface area contributed by atoms with Gasteiger partial charge in [0.2, 0.25) is 0 Å². The van der Waals surface area contributed by atoms with Crippen LogP contribution in [0.25, 0.3) is 0 Å². The Morgan fingerprint density at radius 3 is 2.39 bits per heavy atom. The molecule has 1 rings (SSSR count). The molecule has 0 saturated carbocycles. The van der Waals surface area contributed by atoms with Gasteiger partial charge in [-0.15, -0.1) is 0 Å². The lowest BCUT2D eigenvalue weighted by Gasteiger charge is -2.13. The summed E-state index contributed by atoms with van der Waals surface area (Å²) < 4.78 is 38.6. The van der Waals surface area contributed by atoms with Gasteiger partial charge in [-0.1, -0.05) is 15.9 Å². The highest BCUT2D eigenvalue weighted by Crippen LogP contribution is 2.14. The van der Waals surface area contributed by atoms with Gasteiger partial charge in [-0.25, -0.2) is 13.2 Å². The summed E-state index contributed by atoms with van der Waals surface area (Å²) in [4.78, 5) is 11.7. The largest absolute Gasteiger partial charge is 0.350 e. The monoisotopic (exact) mass is 323 g/mol. The van der Waals surface area contributed by atoms with Gasteiger partial charge in [-0.05, 0) is 31.9 Å². The van der Waals surface area contributed by atoms with Gasteiger partial charge < -0.3 is 5.32 Å². The molecular formula is C12H13BrF3NO. The lowest BCUT2D eigenvalue weighted by Crippen LogP contribution is -2.32. The Labute approximate surface area is 112 Å². The number of hydrogen-bond acceptors (Lipinski definition) is 1. The van der Waals surface area contributed by atoms with Crippen molar-refractivity contribution in [3.05, 3.63) is 35.1 Å². The normalized spacial score (nSPS) is 12.3. The quantitative estimate of drug-likeness (QED) is 0.653. The minimum absolute atomic E-state index is 0.119. The van der Waals surface area contributed by atoms with Crippen molar-refractivity contribution in [3.63, 3.8) is 0 Å². The van der Waals surface area contributed by atoms with Crippen LogP contribution in [-0.2, 0) is 0 Å². The molecular weight excluding hydrogens is 311 g/mol. The lowest BCUT2D eigenvalue weighted by molar-refractivity contribution is 0.0937. The van der Waals surface area contributed by atoms with Crippen LogP contribution < -0.4 is 5.32 Å². The van der Waals surface area contributed by atoms with Crippen molar-refractivity contribution in [1.29, 1.82) is 0 Å². The van der Waals surface area contributed by atoms with Crippen molar-refractivity contribution in [3.8, 4) is 0 Å². The molecule has 1 N–H and O–H groups in total. The van der Waals surface area contributed by atoms with E-state index in [1.807, 2.05) is 0 Å². The van der Waals surface area contributed by atoms with Gasteiger partial charge in [-0.3, -0.25) is 4.79 Å². The number of alkyl halides is 1. The summed E-state index contributed by atoms with van der Waals surface area (Å²) in [5, 5.41) is 3.40. The van der Waals surface area contributed by atoms with Crippen LogP contribution in [0, 0.1) is 17.5 Å². The van der Waals surface area contributed by atoms with Crippen LogP contribution in [0.4, 0.5) is 13.2 Å². The Hall–Kier alpha value is -1.04. The molecule has 0 aliphatic carbocycles. The summed E-state index contributed by atoms with van der Waals surface area (Å²) in [5.74, 6) is -4.92. The molecule has 0 heterocycles. The van der Waals surface area contributed by atoms with Crippen LogP contribution in [-0.4, -0.2) is 17.3 Å². The van der Waals surface area contributed by atoms with Crippen molar-refractivity contribution in [2.24, 2.45) is 0 Å². The molecule has 1 aromatic rings. The first-order valence-electron chi connectivity index (χ1n) is 5.47. The molecule has 100 valence electrons. The number of benzene rings is 1. The van der Waals surface area contributed by atoms with Crippen molar-refractivity contribution >= 4 is 21.8 Å². The van der Waals surface area contributed by atoms with Gasteiger partial charge in [0.25, 0.3) is 5.91 Å². The first-order valence-corrected chi connectivity index (χ1v) is 6.59. The second kappa shape index (κ2) is 6.78. The maximum Gasteiger partial charge on any atom is 0.251 e. The van der Waals surface area contributed by atoms with E-state index in [1.165, 1.54) is 0 Å². The molecule has 0 saturated heterocycles. The van der Waals surface area contributed by atoms with E-state index in [9.17, 15) is 18.0 Å². The van der Waals surface area contributed by atoms with Crippen molar-refractivity contribution in [2.75, 3.05) is 5.33 Å². The van der Waals surface area contributed by atoms with E-state index in [0.29, 0.717) is 12.1 Å². The zero-order valence-corrected chi connectivity index (χ0v) is 11.4. The maximum atomic E-state index is 12.9. The van der Waals surface area contributed by atoms with Crippen LogP contribution >= 0.6 is 15.9 Å². The van der Waals surface area contributed by atoms with Crippen molar-refractivity contribution < 1.29 is 18.0 Å². The third-order valence-corrected chi connectivity index (χ3v) is 2.96. The predicted molar refractivity (Wildman–Crippen MR) is 66.3 cm³/mol. The summed E-state index contributed by atoms with van der Waals surface area (Å²) in [6.45, 7) is 1.79. The van der Waals surface area contributed by atoms with Crippen LogP contribution in [0.2, 0.25) is 0 Å². The van der Waals surface area contributed by atoms with Gasteiger partial charge in [-0.2, -0.15) is 0 Å². The molecule has 0 bridgehead atoms. The molecule has 1 unspecified atom stereocenters. The molecule has 0 fully saturated rings. The first kappa shape index (κ1) is 15.0. The van der Waals surface area contributed by atoms with E-state index in [2.05, 4.69) is 21.2 Å². The molecule has 0 radical (unpaired) electrons. The minimum Gasteiger partial charge on any atom is -0.350 e. The fourth-order valence-electron chi connectivity index (χ4n) is 1.45. The summed E-state index contributed by atoms with van der Waals surface area (Å²) in [5.41, 5.74) is -0.225. The Kier molecular flexibility index (Phi) is 5.65. The summed E-state index contributed by atoms with van der Waals surface area (Å²) in [6, 6.07) is 1.25. The Balaban J connectivity index is 2.73. The number of carbonyl (C=O) groups is 1. The number of nitrogens with one attached hydrogen (secondary N) is 1. The van der Waals surface area contributed by atoms with Gasteiger partial charge in [0.1, 0.15) is 0 Å². The van der Waals surface area contributed by atoms with E-state index < -0.39 is 23.4 Å². The van der Waals surface area contributed by atoms with E-state index in [1.54, 1.807) is 6.92 Å². The second-order valence-electron chi connectivity index (χ2n) is 3.96. The fraction of sp³-hybridized carbons (Fsp3) is 0.417. The van der Waals surface area contributed by atoms with E-state index in [4.69, 9.17) is 0 Å². The smallest absolute Gasteiger partial charge is 0.251 e. The SMILES string of the molecule is CC(CCCBr)NC(=O)c1cc(F)c(F)c(F)c1. The Morgan fingerprint density at radius 2 is 1.89 bits per heavy atom. The number of halogens is 4. The summed E-state index contributed by atoms with van der Waals surface area (Å²) >= 11 is 3.26. The molecule has 0 aromatic heterocycles. The molecule has 0 aliphatic heterocycles. The molecule has 0 aliphatic rings. The summed E-state index contributed by atoms with van der Waals surface area (Å²) in [6.07, 6.45) is 1.61. The van der Waals surface area contributed by atoms with E-state index in [-0.39, 0.29) is 11.6 Å². The third-order valence-electron chi connectivity index (χ3n) is 2.39. The first-order chi connectivity index (χ1) is 8.45. The number of rotatable bonds is 5. The minimum atomic E-state index is -1.57. The van der Waals surface area contributed by atoms with Crippen LogP contribution in [0.3, 0.4) is 0 Å². The number of carbonyl (C=O) groups excluding carboxylic acids is 1. The van der Waals surface area contributed by atoms with E-state index >= 15 is 0 Å². The highest BCUT2D eigenvalue weighted by Gasteiger charge is 2.16. The summed E-state index contributed by atoms with van der Waals surface area (Å²) in [7, 11) is 0. The van der Waals surface area contributed by atoms with Gasteiger partial charge in [0, 0.05) is 16.9 Å². The van der Waals surface area contributed by atoms with Gasteiger partial charge >= 0.3 is 0 Å². The van der Waals surface area contributed by atoms with Gasteiger partial charge in [0.05, 0.1) is 0 Å². The third kappa shape index (κ3) is 4.01. The zero-order chi connectivity index (χ0) is 13.7. The van der Waals surface area contributed by atoms with Gasteiger partial charge in [0.15, 0.2) is 17.5 Å². The standard InChI is InChI=1S/C12H13BrF3NO/c1-7(3-2-4-13)17-12(18)8-5-9(14)11(16)10(15)6-8/h5-7H,2-4H2,1H3,(H,17,18). The fourth-order valence-corrected chi connectivity index (χ4v) is 1.77. The van der Waals surface area contributed by atoms with Crippen LogP contribution in [0.5, 0.6) is 0 Å². The molecule has 1 atom stereocenters. The highest BCUT2D eigenvalue weighted by molar-refractivity contribution is 9.09.